The van der Waals surface area contributed by atoms with Gasteiger partial charge in [0.25, 0.3) is 0 Å². The molecule has 132 valence electrons. The fraction of sp³-hybridized carbons (Fsp3) is 0.526. The topological polar surface area (TPSA) is 60.4 Å². The lowest BCUT2D eigenvalue weighted by Gasteiger charge is -2.33. The van der Waals surface area contributed by atoms with Crippen LogP contribution in [0.5, 0.6) is 0 Å². The first-order chi connectivity index (χ1) is 12.4. The van der Waals surface area contributed by atoms with E-state index in [4.69, 9.17) is 9.47 Å². The number of hydrogen-bond acceptors (Lipinski definition) is 6. The van der Waals surface area contributed by atoms with E-state index in [-0.39, 0.29) is 0 Å². The largest absolute Gasteiger partial charge is 0.381 e. The minimum atomic E-state index is 0.306. The standard InChI is InChI=1S/C19H24N4O2/c1-2-15(11-20-6-1)12-25-17-3-7-23(8-4-17)19-10-18(21-14-22-19)16-5-9-24-13-16/h1-2,6,10-11,14,16-17H,3-5,7-9,12-13H2/t16-/m1/s1. The second-order valence-electron chi connectivity index (χ2n) is 6.72. The molecule has 6 heteroatoms. The third-order valence-corrected chi connectivity index (χ3v) is 5.00. The molecule has 2 saturated heterocycles. The molecule has 2 fully saturated rings. The summed E-state index contributed by atoms with van der Waals surface area (Å²) in [4.78, 5) is 15.4. The van der Waals surface area contributed by atoms with Crippen LogP contribution in [0.3, 0.4) is 0 Å². The predicted octanol–water partition coefficient (Wildman–Crippen LogP) is 2.56. The summed E-state index contributed by atoms with van der Waals surface area (Å²) >= 11 is 0. The molecule has 2 aliphatic heterocycles. The van der Waals surface area contributed by atoms with Crippen molar-refractivity contribution in [2.24, 2.45) is 0 Å². The lowest BCUT2D eigenvalue weighted by atomic mass is 10.0. The maximum atomic E-state index is 6.04. The molecular formula is C19H24N4O2. The summed E-state index contributed by atoms with van der Waals surface area (Å²) in [5.41, 5.74) is 2.24. The Morgan fingerprint density at radius 2 is 2.12 bits per heavy atom. The Morgan fingerprint density at radius 1 is 1.20 bits per heavy atom. The lowest BCUT2D eigenvalue weighted by Crippen LogP contribution is -2.37. The van der Waals surface area contributed by atoms with Crippen molar-refractivity contribution in [2.75, 3.05) is 31.2 Å². The van der Waals surface area contributed by atoms with Gasteiger partial charge in [-0.3, -0.25) is 4.98 Å². The quantitative estimate of drug-likeness (QED) is 0.834. The van der Waals surface area contributed by atoms with E-state index < -0.39 is 0 Å². The van der Waals surface area contributed by atoms with Gasteiger partial charge in [0.05, 0.1) is 25.0 Å². The van der Waals surface area contributed by atoms with Gasteiger partial charge in [-0.1, -0.05) is 6.07 Å². The van der Waals surface area contributed by atoms with E-state index in [0.717, 1.165) is 62.6 Å². The molecule has 0 N–H and O–H groups in total. The molecule has 0 spiro atoms. The number of hydrogen-bond donors (Lipinski definition) is 0. The Balaban J connectivity index is 1.30. The maximum absolute atomic E-state index is 6.04. The van der Waals surface area contributed by atoms with Gasteiger partial charge in [0, 0.05) is 44.1 Å². The molecule has 25 heavy (non-hydrogen) atoms. The molecule has 2 aromatic rings. The second kappa shape index (κ2) is 7.89. The summed E-state index contributed by atoms with van der Waals surface area (Å²) in [6, 6.07) is 6.14. The SMILES string of the molecule is c1cncc(COC2CCN(c3cc([C@@H]4CCOC4)ncn3)CC2)c1. The van der Waals surface area contributed by atoms with Crippen LogP contribution in [-0.2, 0) is 16.1 Å². The van der Waals surface area contributed by atoms with Gasteiger partial charge in [-0.05, 0) is 30.9 Å². The fourth-order valence-electron chi connectivity index (χ4n) is 3.47. The Morgan fingerprint density at radius 3 is 2.88 bits per heavy atom. The fourth-order valence-corrected chi connectivity index (χ4v) is 3.47. The molecule has 2 aliphatic rings. The van der Waals surface area contributed by atoms with Gasteiger partial charge in [-0.2, -0.15) is 0 Å². The van der Waals surface area contributed by atoms with Crippen LogP contribution in [0.15, 0.2) is 36.9 Å². The smallest absolute Gasteiger partial charge is 0.132 e. The number of rotatable bonds is 5. The van der Waals surface area contributed by atoms with Crippen LogP contribution in [0.2, 0.25) is 0 Å². The van der Waals surface area contributed by atoms with Crippen molar-refractivity contribution < 1.29 is 9.47 Å². The number of anilines is 1. The maximum Gasteiger partial charge on any atom is 0.132 e. The van der Waals surface area contributed by atoms with Crippen molar-refractivity contribution >= 4 is 5.82 Å². The molecule has 4 heterocycles. The number of nitrogens with zero attached hydrogens (tertiary/aromatic N) is 4. The summed E-state index contributed by atoms with van der Waals surface area (Å²) in [6.07, 6.45) is 8.74. The van der Waals surface area contributed by atoms with Crippen LogP contribution in [0.1, 0.15) is 36.4 Å². The summed E-state index contributed by atoms with van der Waals surface area (Å²) in [6.45, 7) is 4.19. The van der Waals surface area contributed by atoms with Gasteiger partial charge in [-0.25, -0.2) is 9.97 Å². The predicted molar refractivity (Wildman–Crippen MR) is 94.5 cm³/mol. The van der Waals surface area contributed by atoms with Gasteiger partial charge in [0.2, 0.25) is 0 Å². The van der Waals surface area contributed by atoms with Gasteiger partial charge in [0.15, 0.2) is 0 Å². The van der Waals surface area contributed by atoms with Crippen LogP contribution in [0.25, 0.3) is 0 Å². The lowest BCUT2D eigenvalue weighted by molar-refractivity contribution is 0.0249. The van der Waals surface area contributed by atoms with E-state index in [1.807, 2.05) is 12.3 Å². The molecule has 0 radical (unpaired) electrons. The molecule has 1 atom stereocenters. The minimum absolute atomic E-state index is 0.306. The molecule has 4 rings (SSSR count). The molecule has 0 bridgehead atoms. The first kappa shape index (κ1) is 16.4. The molecular weight excluding hydrogens is 316 g/mol. The van der Waals surface area contributed by atoms with E-state index in [1.165, 1.54) is 0 Å². The van der Waals surface area contributed by atoms with Crippen LogP contribution in [0, 0.1) is 0 Å². The van der Waals surface area contributed by atoms with E-state index in [0.29, 0.717) is 18.6 Å². The van der Waals surface area contributed by atoms with Crippen LogP contribution < -0.4 is 4.90 Å². The number of aromatic nitrogens is 3. The van der Waals surface area contributed by atoms with E-state index in [2.05, 4.69) is 32.0 Å². The summed E-state index contributed by atoms with van der Waals surface area (Å²) in [5.74, 6) is 1.45. The van der Waals surface area contributed by atoms with Crippen LogP contribution in [-0.4, -0.2) is 47.4 Å². The number of ether oxygens (including phenoxy) is 2. The van der Waals surface area contributed by atoms with Crippen molar-refractivity contribution in [2.45, 2.75) is 37.9 Å². The molecule has 0 amide bonds. The molecule has 0 unspecified atom stereocenters. The van der Waals surface area contributed by atoms with Gasteiger partial charge in [0.1, 0.15) is 12.1 Å². The third-order valence-electron chi connectivity index (χ3n) is 5.00. The van der Waals surface area contributed by atoms with E-state index in [9.17, 15) is 0 Å². The van der Waals surface area contributed by atoms with Crippen molar-refractivity contribution in [3.8, 4) is 0 Å². The number of pyridine rings is 1. The molecule has 0 aromatic carbocycles. The Hall–Kier alpha value is -2.05. The van der Waals surface area contributed by atoms with Crippen LogP contribution >= 0.6 is 0 Å². The molecule has 6 nitrogen and oxygen atoms in total. The Kier molecular flexibility index (Phi) is 5.18. The second-order valence-corrected chi connectivity index (χ2v) is 6.72. The minimum Gasteiger partial charge on any atom is -0.381 e. The summed E-state index contributed by atoms with van der Waals surface area (Å²) < 4.78 is 11.5. The summed E-state index contributed by atoms with van der Waals surface area (Å²) in [5, 5.41) is 0. The normalized spacial score (nSPS) is 21.6. The molecule has 2 aromatic heterocycles. The highest BCUT2D eigenvalue weighted by atomic mass is 16.5. The van der Waals surface area contributed by atoms with Crippen molar-refractivity contribution in [1.82, 2.24) is 15.0 Å². The monoisotopic (exact) mass is 340 g/mol. The zero-order valence-electron chi connectivity index (χ0n) is 14.4. The zero-order valence-corrected chi connectivity index (χ0v) is 14.4. The van der Waals surface area contributed by atoms with Crippen molar-refractivity contribution in [3.63, 3.8) is 0 Å². The highest BCUT2D eigenvalue weighted by Crippen LogP contribution is 2.27. The van der Waals surface area contributed by atoms with E-state index >= 15 is 0 Å². The zero-order chi connectivity index (χ0) is 16.9. The molecule has 0 aliphatic carbocycles. The van der Waals surface area contributed by atoms with Crippen molar-refractivity contribution in [3.05, 3.63) is 48.2 Å². The highest BCUT2D eigenvalue weighted by molar-refractivity contribution is 5.40. The number of piperidine rings is 1. The third kappa shape index (κ3) is 4.14. The van der Waals surface area contributed by atoms with Gasteiger partial charge < -0.3 is 14.4 Å². The van der Waals surface area contributed by atoms with Crippen LogP contribution in [0.4, 0.5) is 5.82 Å². The highest BCUT2D eigenvalue weighted by Gasteiger charge is 2.23. The Bertz CT molecular complexity index is 668. The van der Waals surface area contributed by atoms with Gasteiger partial charge in [-0.15, -0.1) is 0 Å². The first-order valence-electron chi connectivity index (χ1n) is 9.03. The van der Waals surface area contributed by atoms with E-state index in [1.54, 1.807) is 12.5 Å². The van der Waals surface area contributed by atoms with Crippen molar-refractivity contribution in [1.29, 1.82) is 0 Å². The first-order valence-corrected chi connectivity index (χ1v) is 9.03. The average molecular weight is 340 g/mol. The average Bonchev–Trinajstić information content (AvgIpc) is 3.23. The summed E-state index contributed by atoms with van der Waals surface area (Å²) in [7, 11) is 0. The van der Waals surface area contributed by atoms with Gasteiger partial charge >= 0.3 is 0 Å². The molecule has 0 saturated carbocycles. The Labute approximate surface area is 148 Å².